The molecule has 1 heterocycles. The third-order valence-electron chi connectivity index (χ3n) is 5.30. The Morgan fingerprint density at radius 3 is 1.44 bits per heavy atom. The van der Waals surface area contributed by atoms with Gasteiger partial charge in [-0.05, 0) is 37.5 Å². The van der Waals surface area contributed by atoms with Crippen LogP contribution in [0.2, 0.25) is 0 Å². The molecule has 3 heteroatoms. The normalized spacial score (nSPS) is 35.2. The Balaban J connectivity index is 1.67. The lowest BCUT2D eigenvalue weighted by atomic mass is 9.75. The fraction of sp³-hybridized carbons (Fsp3) is 0.933. The highest BCUT2D eigenvalue weighted by atomic mass is 16.2. The molecule has 2 N–H and O–H groups in total. The van der Waals surface area contributed by atoms with Crippen LogP contribution in [0.4, 0.5) is 4.79 Å². The molecule has 2 amide bonds. The lowest BCUT2D eigenvalue weighted by molar-refractivity contribution is 0.205. The van der Waals surface area contributed by atoms with Crippen molar-refractivity contribution in [3.05, 3.63) is 0 Å². The van der Waals surface area contributed by atoms with E-state index < -0.39 is 0 Å². The first-order valence-corrected chi connectivity index (χ1v) is 7.91. The van der Waals surface area contributed by atoms with E-state index in [1.807, 2.05) is 0 Å². The van der Waals surface area contributed by atoms with E-state index in [4.69, 9.17) is 0 Å². The van der Waals surface area contributed by atoms with E-state index in [-0.39, 0.29) is 6.03 Å². The quantitative estimate of drug-likeness (QED) is 0.776. The Hall–Kier alpha value is -0.730. The number of carbonyl (C=O) groups excluding carboxylic acids is 1. The number of urea groups is 1. The van der Waals surface area contributed by atoms with Crippen LogP contribution in [-0.4, -0.2) is 18.1 Å². The number of amides is 2. The van der Waals surface area contributed by atoms with Gasteiger partial charge in [0, 0.05) is 0 Å². The third-order valence-corrected chi connectivity index (χ3v) is 5.30. The van der Waals surface area contributed by atoms with Gasteiger partial charge in [-0.3, -0.25) is 0 Å². The Morgan fingerprint density at radius 1 is 0.667 bits per heavy atom. The van der Waals surface area contributed by atoms with Gasteiger partial charge in [-0.25, -0.2) is 4.79 Å². The van der Waals surface area contributed by atoms with Crippen LogP contribution in [-0.2, 0) is 0 Å². The van der Waals surface area contributed by atoms with Crippen LogP contribution in [0.25, 0.3) is 0 Å². The Labute approximate surface area is 110 Å². The Morgan fingerprint density at radius 2 is 1.06 bits per heavy atom. The molecule has 102 valence electrons. The molecule has 0 bridgehead atoms. The lowest BCUT2D eigenvalue weighted by Gasteiger charge is -2.35. The van der Waals surface area contributed by atoms with Crippen molar-refractivity contribution < 1.29 is 4.79 Å². The molecular formula is C15H26N2O. The van der Waals surface area contributed by atoms with Gasteiger partial charge in [0.25, 0.3) is 0 Å². The largest absolute Gasteiger partial charge is 0.333 e. The zero-order valence-corrected chi connectivity index (χ0v) is 11.3. The topological polar surface area (TPSA) is 41.1 Å². The predicted molar refractivity (Wildman–Crippen MR) is 72.4 cm³/mol. The predicted octanol–water partition coefficient (Wildman–Crippen LogP) is 3.20. The first-order valence-electron chi connectivity index (χ1n) is 7.91. The second-order valence-electron chi connectivity index (χ2n) is 6.47. The van der Waals surface area contributed by atoms with Crippen LogP contribution in [0.3, 0.4) is 0 Å². The van der Waals surface area contributed by atoms with Gasteiger partial charge in [0.1, 0.15) is 0 Å². The first-order chi connectivity index (χ1) is 8.84. The number of hydrogen-bond acceptors (Lipinski definition) is 1. The number of rotatable bonds is 2. The van der Waals surface area contributed by atoms with Crippen molar-refractivity contribution in [2.75, 3.05) is 0 Å². The van der Waals surface area contributed by atoms with Crippen LogP contribution < -0.4 is 10.6 Å². The summed E-state index contributed by atoms with van der Waals surface area (Å²) in [4.78, 5) is 11.7. The molecule has 0 radical (unpaired) electrons. The smallest absolute Gasteiger partial charge is 0.315 e. The number of hydrogen-bond donors (Lipinski definition) is 2. The first kappa shape index (κ1) is 12.3. The van der Waals surface area contributed by atoms with E-state index in [0.29, 0.717) is 12.1 Å². The fourth-order valence-corrected chi connectivity index (χ4v) is 4.33. The van der Waals surface area contributed by atoms with Crippen molar-refractivity contribution in [3.63, 3.8) is 0 Å². The Kier molecular flexibility index (Phi) is 3.76. The van der Waals surface area contributed by atoms with Gasteiger partial charge < -0.3 is 10.6 Å². The molecule has 0 aromatic carbocycles. The molecule has 3 fully saturated rings. The minimum Gasteiger partial charge on any atom is -0.333 e. The highest BCUT2D eigenvalue weighted by molar-refractivity contribution is 5.77. The molecule has 18 heavy (non-hydrogen) atoms. The van der Waals surface area contributed by atoms with Gasteiger partial charge in [-0.2, -0.15) is 0 Å². The average molecular weight is 250 g/mol. The van der Waals surface area contributed by atoms with Gasteiger partial charge in [-0.15, -0.1) is 0 Å². The summed E-state index contributed by atoms with van der Waals surface area (Å²) >= 11 is 0. The minimum absolute atomic E-state index is 0.0844. The van der Waals surface area contributed by atoms with Crippen LogP contribution in [0.1, 0.15) is 64.2 Å². The standard InChI is InChI=1S/C15H26N2O/c18-15-16-13(11-7-3-1-4-8-11)14(17-15)12-9-5-2-6-10-12/h11-14H,1-10H2,(H2,16,17,18). The van der Waals surface area contributed by atoms with E-state index >= 15 is 0 Å². The summed E-state index contributed by atoms with van der Waals surface area (Å²) in [5.74, 6) is 1.45. The molecule has 1 saturated heterocycles. The lowest BCUT2D eigenvalue weighted by Crippen LogP contribution is -2.45. The highest BCUT2D eigenvalue weighted by Crippen LogP contribution is 2.35. The van der Waals surface area contributed by atoms with Gasteiger partial charge in [-0.1, -0.05) is 38.5 Å². The highest BCUT2D eigenvalue weighted by Gasteiger charge is 2.41. The molecule has 2 atom stereocenters. The van der Waals surface area contributed by atoms with Gasteiger partial charge in [0.05, 0.1) is 12.1 Å². The maximum atomic E-state index is 11.7. The Bertz CT molecular complexity index is 265. The van der Waals surface area contributed by atoms with Crippen molar-refractivity contribution in [2.45, 2.75) is 76.3 Å². The van der Waals surface area contributed by atoms with E-state index in [2.05, 4.69) is 10.6 Å². The molecule has 2 aliphatic carbocycles. The van der Waals surface area contributed by atoms with Crippen LogP contribution >= 0.6 is 0 Å². The maximum absolute atomic E-state index is 11.7. The van der Waals surface area contributed by atoms with E-state index in [1.54, 1.807) is 0 Å². The van der Waals surface area contributed by atoms with Crippen LogP contribution in [0.15, 0.2) is 0 Å². The summed E-state index contributed by atoms with van der Waals surface area (Å²) < 4.78 is 0. The molecule has 0 spiro atoms. The molecule has 2 saturated carbocycles. The SMILES string of the molecule is O=C1NC(C2CCCCC2)C(C2CCCCC2)N1. The summed E-state index contributed by atoms with van der Waals surface area (Å²) in [7, 11) is 0. The molecule has 1 aliphatic heterocycles. The van der Waals surface area contributed by atoms with Crippen molar-refractivity contribution >= 4 is 6.03 Å². The molecule has 3 rings (SSSR count). The molecule has 3 aliphatic rings. The number of carbonyl (C=O) groups is 1. The van der Waals surface area contributed by atoms with Crippen molar-refractivity contribution in [1.82, 2.24) is 10.6 Å². The summed E-state index contributed by atoms with van der Waals surface area (Å²) in [6.45, 7) is 0. The van der Waals surface area contributed by atoms with Crippen LogP contribution in [0.5, 0.6) is 0 Å². The maximum Gasteiger partial charge on any atom is 0.315 e. The van der Waals surface area contributed by atoms with Gasteiger partial charge in [0.2, 0.25) is 0 Å². The summed E-state index contributed by atoms with van der Waals surface area (Å²) in [6.07, 6.45) is 13.5. The monoisotopic (exact) mass is 250 g/mol. The van der Waals surface area contributed by atoms with Gasteiger partial charge in [0.15, 0.2) is 0 Å². The molecule has 0 aromatic heterocycles. The van der Waals surface area contributed by atoms with Gasteiger partial charge >= 0.3 is 6.03 Å². The van der Waals surface area contributed by atoms with Crippen molar-refractivity contribution in [1.29, 1.82) is 0 Å². The molecule has 3 nitrogen and oxygen atoms in total. The number of nitrogens with one attached hydrogen (secondary N) is 2. The second-order valence-corrected chi connectivity index (χ2v) is 6.47. The average Bonchev–Trinajstić information content (AvgIpc) is 2.83. The zero-order valence-electron chi connectivity index (χ0n) is 11.3. The fourth-order valence-electron chi connectivity index (χ4n) is 4.33. The van der Waals surface area contributed by atoms with Crippen molar-refractivity contribution in [2.24, 2.45) is 11.8 Å². The summed E-state index contributed by atoms with van der Waals surface area (Å²) in [5.41, 5.74) is 0. The molecule has 2 unspecified atom stereocenters. The van der Waals surface area contributed by atoms with E-state index in [9.17, 15) is 4.79 Å². The molecular weight excluding hydrogens is 224 g/mol. The zero-order chi connectivity index (χ0) is 12.4. The minimum atomic E-state index is 0.0844. The van der Waals surface area contributed by atoms with Crippen LogP contribution in [0, 0.1) is 11.8 Å². The van der Waals surface area contributed by atoms with Crippen molar-refractivity contribution in [3.8, 4) is 0 Å². The van der Waals surface area contributed by atoms with E-state index in [1.165, 1.54) is 64.2 Å². The van der Waals surface area contributed by atoms with E-state index in [0.717, 1.165) is 11.8 Å². The third kappa shape index (κ3) is 2.50. The molecule has 0 aromatic rings. The second kappa shape index (κ2) is 5.50. The summed E-state index contributed by atoms with van der Waals surface area (Å²) in [6, 6.07) is 0.919. The summed E-state index contributed by atoms with van der Waals surface area (Å²) in [5, 5.41) is 6.44.